The van der Waals surface area contributed by atoms with Crippen LogP contribution in [-0.4, -0.2) is 24.4 Å². The number of amides is 1. The van der Waals surface area contributed by atoms with E-state index >= 15 is 0 Å². The van der Waals surface area contributed by atoms with E-state index in [1.54, 1.807) is 53.8 Å². The summed E-state index contributed by atoms with van der Waals surface area (Å²) < 4.78 is 36.1. The molecule has 2 aromatic carbocycles. The molecule has 0 aliphatic heterocycles. The van der Waals surface area contributed by atoms with Crippen LogP contribution in [0.3, 0.4) is 0 Å². The lowest BCUT2D eigenvalue weighted by molar-refractivity contribution is -0.173. The third-order valence-corrected chi connectivity index (χ3v) is 3.21. The summed E-state index contributed by atoms with van der Waals surface area (Å²) in [5.41, 5.74) is 1.80. The van der Waals surface area contributed by atoms with E-state index in [9.17, 15) is 22.8 Å². The SMILES string of the molecule is O=C(c1ccccc1)c1ccc(CCNC(=O)C(F)(F)F)cc1. The van der Waals surface area contributed by atoms with Crippen molar-refractivity contribution in [2.24, 2.45) is 0 Å². The predicted molar refractivity (Wildman–Crippen MR) is 79.1 cm³/mol. The molecule has 0 unspecified atom stereocenters. The van der Waals surface area contributed by atoms with Crippen LogP contribution < -0.4 is 5.32 Å². The van der Waals surface area contributed by atoms with Gasteiger partial charge in [-0.1, -0.05) is 54.6 Å². The summed E-state index contributed by atoms with van der Waals surface area (Å²) in [4.78, 5) is 22.9. The molecule has 0 spiro atoms. The smallest absolute Gasteiger partial charge is 0.348 e. The maximum atomic E-state index is 12.2. The number of alkyl halides is 3. The quantitative estimate of drug-likeness (QED) is 0.860. The normalized spacial score (nSPS) is 11.1. The highest BCUT2D eigenvalue weighted by Crippen LogP contribution is 2.14. The Morgan fingerprint density at radius 1 is 0.870 bits per heavy atom. The monoisotopic (exact) mass is 321 g/mol. The van der Waals surface area contributed by atoms with E-state index in [4.69, 9.17) is 0 Å². The zero-order valence-corrected chi connectivity index (χ0v) is 12.1. The van der Waals surface area contributed by atoms with Crippen LogP contribution in [0.2, 0.25) is 0 Å². The Balaban J connectivity index is 1.93. The zero-order chi connectivity index (χ0) is 16.9. The van der Waals surface area contributed by atoms with Gasteiger partial charge in [-0.2, -0.15) is 13.2 Å². The van der Waals surface area contributed by atoms with Crippen LogP contribution in [-0.2, 0) is 11.2 Å². The molecule has 0 aromatic heterocycles. The molecular formula is C17H14F3NO2. The fourth-order valence-electron chi connectivity index (χ4n) is 2.00. The van der Waals surface area contributed by atoms with Crippen molar-refractivity contribution in [1.29, 1.82) is 0 Å². The number of carbonyl (C=O) groups excluding carboxylic acids is 2. The number of nitrogens with one attached hydrogen (secondary N) is 1. The van der Waals surface area contributed by atoms with Gasteiger partial charge in [-0.3, -0.25) is 9.59 Å². The second-order valence-corrected chi connectivity index (χ2v) is 4.90. The minimum absolute atomic E-state index is 0.121. The first kappa shape index (κ1) is 16.7. The van der Waals surface area contributed by atoms with Gasteiger partial charge in [-0.15, -0.1) is 0 Å². The number of halogens is 3. The van der Waals surface area contributed by atoms with E-state index in [0.717, 1.165) is 5.56 Å². The van der Waals surface area contributed by atoms with Gasteiger partial charge < -0.3 is 5.32 Å². The maximum Gasteiger partial charge on any atom is 0.471 e. The van der Waals surface area contributed by atoms with E-state index in [1.807, 2.05) is 6.07 Å². The number of ketones is 1. The molecule has 0 aliphatic carbocycles. The summed E-state index contributed by atoms with van der Waals surface area (Å²) in [5, 5.41) is 1.80. The first-order valence-electron chi connectivity index (χ1n) is 6.91. The molecule has 2 aromatic rings. The molecule has 120 valence electrons. The number of hydrogen-bond acceptors (Lipinski definition) is 2. The van der Waals surface area contributed by atoms with Gasteiger partial charge in [0.25, 0.3) is 0 Å². The molecule has 0 heterocycles. The van der Waals surface area contributed by atoms with Crippen LogP contribution in [0.1, 0.15) is 21.5 Å². The fraction of sp³-hybridized carbons (Fsp3) is 0.176. The molecule has 0 saturated carbocycles. The molecule has 1 amide bonds. The standard InChI is InChI=1S/C17H14F3NO2/c18-17(19,20)16(23)21-11-10-12-6-8-14(9-7-12)15(22)13-4-2-1-3-5-13/h1-9H,10-11H2,(H,21,23). The van der Waals surface area contributed by atoms with Gasteiger partial charge in [-0.25, -0.2) is 0 Å². The van der Waals surface area contributed by atoms with Crippen molar-refractivity contribution in [3.63, 3.8) is 0 Å². The zero-order valence-electron chi connectivity index (χ0n) is 12.1. The first-order chi connectivity index (χ1) is 10.9. The highest BCUT2D eigenvalue weighted by atomic mass is 19.4. The Kier molecular flexibility index (Phi) is 5.16. The number of benzene rings is 2. The molecule has 1 N–H and O–H groups in total. The van der Waals surface area contributed by atoms with Crippen LogP contribution in [0, 0.1) is 0 Å². The van der Waals surface area contributed by atoms with Crippen LogP contribution in [0.4, 0.5) is 13.2 Å². The van der Waals surface area contributed by atoms with Gasteiger partial charge in [0.15, 0.2) is 5.78 Å². The van der Waals surface area contributed by atoms with E-state index in [-0.39, 0.29) is 18.7 Å². The fourth-order valence-corrected chi connectivity index (χ4v) is 2.00. The topological polar surface area (TPSA) is 46.2 Å². The summed E-state index contributed by atoms with van der Waals surface area (Å²) in [5.74, 6) is -2.07. The summed E-state index contributed by atoms with van der Waals surface area (Å²) in [6.45, 7) is -0.121. The summed E-state index contributed by atoms with van der Waals surface area (Å²) in [6.07, 6.45) is -4.62. The van der Waals surface area contributed by atoms with Crippen LogP contribution >= 0.6 is 0 Å². The minimum Gasteiger partial charge on any atom is -0.348 e. The highest BCUT2D eigenvalue weighted by molar-refractivity contribution is 6.08. The summed E-state index contributed by atoms with van der Waals surface area (Å²) in [6, 6.07) is 15.3. The van der Waals surface area contributed by atoms with Gasteiger partial charge >= 0.3 is 12.1 Å². The molecule has 3 nitrogen and oxygen atoms in total. The van der Waals surface area contributed by atoms with Crippen molar-refractivity contribution in [2.45, 2.75) is 12.6 Å². The molecular weight excluding hydrogens is 307 g/mol. The molecule has 0 bridgehead atoms. The number of hydrogen-bond donors (Lipinski definition) is 1. The maximum absolute atomic E-state index is 12.2. The lowest BCUT2D eigenvalue weighted by atomic mass is 10.0. The molecule has 0 radical (unpaired) electrons. The number of carbonyl (C=O) groups is 2. The Morgan fingerprint density at radius 3 is 2.00 bits per heavy atom. The van der Waals surface area contributed by atoms with Crippen molar-refractivity contribution in [2.75, 3.05) is 6.54 Å². The van der Waals surface area contributed by atoms with Crippen molar-refractivity contribution in [1.82, 2.24) is 5.32 Å². The van der Waals surface area contributed by atoms with Gasteiger partial charge in [0.1, 0.15) is 0 Å². The average molecular weight is 321 g/mol. The van der Waals surface area contributed by atoms with Crippen molar-refractivity contribution < 1.29 is 22.8 Å². The van der Waals surface area contributed by atoms with Crippen LogP contribution in [0.25, 0.3) is 0 Å². The number of rotatable bonds is 5. The molecule has 2 rings (SSSR count). The lowest BCUT2D eigenvalue weighted by Crippen LogP contribution is -2.37. The van der Waals surface area contributed by atoms with Gasteiger partial charge in [0, 0.05) is 17.7 Å². The van der Waals surface area contributed by atoms with Crippen LogP contribution in [0.5, 0.6) is 0 Å². The summed E-state index contributed by atoms with van der Waals surface area (Å²) in [7, 11) is 0. The Bertz CT molecular complexity index is 679. The minimum atomic E-state index is -4.87. The van der Waals surface area contributed by atoms with Gasteiger partial charge in [0.2, 0.25) is 0 Å². The molecule has 6 heteroatoms. The molecule has 23 heavy (non-hydrogen) atoms. The van der Waals surface area contributed by atoms with Crippen LogP contribution in [0.15, 0.2) is 54.6 Å². The van der Waals surface area contributed by atoms with E-state index in [1.165, 1.54) is 0 Å². The Morgan fingerprint density at radius 2 is 1.43 bits per heavy atom. The highest BCUT2D eigenvalue weighted by Gasteiger charge is 2.38. The first-order valence-corrected chi connectivity index (χ1v) is 6.91. The van der Waals surface area contributed by atoms with Crippen molar-refractivity contribution in [3.05, 3.63) is 71.3 Å². The molecule has 0 atom stereocenters. The van der Waals surface area contributed by atoms with E-state index < -0.39 is 12.1 Å². The van der Waals surface area contributed by atoms with Crippen molar-refractivity contribution >= 4 is 11.7 Å². The Hall–Kier alpha value is -2.63. The Labute approximate surface area is 131 Å². The lowest BCUT2D eigenvalue weighted by Gasteiger charge is -2.08. The molecule has 0 fully saturated rings. The van der Waals surface area contributed by atoms with Gasteiger partial charge in [0.05, 0.1) is 0 Å². The molecule has 0 saturated heterocycles. The third-order valence-electron chi connectivity index (χ3n) is 3.21. The second kappa shape index (κ2) is 7.09. The second-order valence-electron chi connectivity index (χ2n) is 4.90. The molecule has 0 aliphatic rings. The third kappa shape index (κ3) is 4.67. The largest absolute Gasteiger partial charge is 0.471 e. The van der Waals surface area contributed by atoms with E-state index in [2.05, 4.69) is 0 Å². The van der Waals surface area contributed by atoms with E-state index in [0.29, 0.717) is 11.1 Å². The summed E-state index contributed by atoms with van der Waals surface area (Å²) >= 11 is 0. The average Bonchev–Trinajstić information content (AvgIpc) is 2.54. The predicted octanol–water partition coefficient (Wildman–Crippen LogP) is 3.14. The van der Waals surface area contributed by atoms with Crippen molar-refractivity contribution in [3.8, 4) is 0 Å². The van der Waals surface area contributed by atoms with Gasteiger partial charge in [-0.05, 0) is 12.0 Å².